The number of amides is 2. The topological polar surface area (TPSA) is 104 Å². The molecule has 0 unspecified atom stereocenters. The van der Waals surface area contributed by atoms with Crippen LogP contribution in [0.15, 0.2) is 66.7 Å². The van der Waals surface area contributed by atoms with E-state index in [9.17, 15) is 24.8 Å². The summed E-state index contributed by atoms with van der Waals surface area (Å²) in [5, 5.41) is 21.6. The van der Waals surface area contributed by atoms with E-state index in [1.54, 1.807) is 34.1 Å². The number of benzene rings is 3. The fourth-order valence-corrected chi connectivity index (χ4v) is 5.24. The number of phenols is 1. The van der Waals surface area contributed by atoms with Crippen molar-refractivity contribution in [3.05, 3.63) is 98.6 Å². The lowest BCUT2D eigenvalue weighted by Gasteiger charge is -2.39. The number of carbonyl (C=O) groups excluding carboxylic acids is 2. The van der Waals surface area contributed by atoms with Crippen molar-refractivity contribution in [3.8, 4) is 17.6 Å². The highest BCUT2D eigenvalue weighted by molar-refractivity contribution is 6.30. The van der Waals surface area contributed by atoms with Crippen LogP contribution in [-0.4, -0.2) is 46.4 Å². The minimum atomic E-state index is -0.640. The molecule has 1 saturated heterocycles. The molecule has 0 saturated carbocycles. The molecule has 0 bridgehead atoms. The molecule has 1 N–H and O–H groups in total. The number of phenolic OH excluding ortho intramolecular Hbond substituents is 1. The average Bonchev–Trinajstić information content (AvgIpc) is 3.22. The van der Waals surface area contributed by atoms with E-state index < -0.39 is 4.92 Å². The van der Waals surface area contributed by atoms with Gasteiger partial charge in [0.05, 0.1) is 16.6 Å². The van der Waals surface area contributed by atoms with Crippen LogP contribution < -0.4 is 4.90 Å². The highest BCUT2D eigenvalue weighted by Gasteiger charge is 2.46. The summed E-state index contributed by atoms with van der Waals surface area (Å²) in [5.74, 6) is 4.65. The van der Waals surface area contributed by atoms with E-state index in [0.717, 1.165) is 17.3 Å². The largest absolute Gasteiger partial charge is 0.508 e. The lowest BCUT2D eigenvalue weighted by atomic mass is 9.74. The summed E-state index contributed by atoms with van der Waals surface area (Å²) in [6, 6.07) is 18.2. The van der Waals surface area contributed by atoms with E-state index in [0.29, 0.717) is 43.1 Å². The summed E-state index contributed by atoms with van der Waals surface area (Å²) in [4.78, 5) is 40.1. The number of hydrogen-bond acceptors (Lipinski definition) is 5. The van der Waals surface area contributed by atoms with Gasteiger partial charge in [0.2, 0.25) is 0 Å². The Morgan fingerprint density at radius 3 is 2.43 bits per heavy atom. The number of piperidine rings is 1. The van der Waals surface area contributed by atoms with E-state index in [1.807, 2.05) is 24.3 Å². The van der Waals surface area contributed by atoms with Crippen molar-refractivity contribution in [1.29, 1.82) is 0 Å². The SMILES string of the molecule is O=C(c1cc(O)cc([N+](=O)[O-])c1)N1CCC2(CC1)CN(C(=O)C#Cc1ccc(Cl)cc1)c1ccccc12. The van der Waals surface area contributed by atoms with Gasteiger partial charge in [-0.1, -0.05) is 35.7 Å². The Kier molecular flexibility index (Phi) is 6.32. The summed E-state index contributed by atoms with van der Waals surface area (Å²) >= 11 is 5.92. The molecule has 2 aliphatic heterocycles. The van der Waals surface area contributed by atoms with E-state index in [1.165, 1.54) is 12.1 Å². The minimum absolute atomic E-state index is 0.0729. The van der Waals surface area contributed by atoms with Crippen LogP contribution in [0.1, 0.15) is 34.3 Å². The molecule has 37 heavy (non-hydrogen) atoms. The molecular weight excluding hydrogens is 494 g/mol. The highest BCUT2D eigenvalue weighted by Crippen LogP contribution is 2.47. The second-order valence-electron chi connectivity index (χ2n) is 9.23. The van der Waals surface area contributed by atoms with Gasteiger partial charge in [-0.25, -0.2) is 0 Å². The third-order valence-corrected chi connectivity index (χ3v) is 7.25. The first-order chi connectivity index (χ1) is 17.8. The summed E-state index contributed by atoms with van der Waals surface area (Å²) in [6.07, 6.45) is 1.23. The second-order valence-corrected chi connectivity index (χ2v) is 9.67. The molecule has 1 spiro atoms. The molecule has 5 rings (SSSR count). The number of nitro groups is 1. The zero-order chi connectivity index (χ0) is 26.2. The zero-order valence-corrected chi connectivity index (χ0v) is 20.4. The number of para-hydroxylation sites is 1. The number of anilines is 1. The maximum atomic E-state index is 13.1. The molecule has 0 aromatic heterocycles. The first-order valence-electron chi connectivity index (χ1n) is 11.7. The number of non-ortho nitro benzene ring substituents is 1. The number of nitrogens with zero attached hydrogens (tertiary/aromatic N) is 3. The zero-order valence-electron chi connectivity index (χ0n) is 19.7. The molecule has 1 fully saturated rings. The predicted molar refractivity (Wildman–Crippen MR) is 139 cm³/mol. The summed E-state index contributed by atoms with van der Waals surface area (Å²) in [6.45, 7) is 1.28. The lowest BCUT2D eigenvalue weighted by molar-refractivity contribution is -0.385. The Labute approximate surface area is 218 Å². The fourth-order valence-electron chi connectivity index (χ4n) is 5.11. The average molecular weight is 516 g/mol. The second kappa shape index (κ2) is 9.60. The van der Waals surface area contributed by atoms with Crippen LogP contribution in [-0.2, 0) is 10.2 Å². The first kappa shape index (κ1) is 24.3. The maximum absolute atomic E-state index is 13.1. The van der Waals surface area contributed by atoms with Crippen molar-refractivity contribution in [2.45, 2.75) is 18.3 Å². The summed E-state index contributed by atoms with van der Waals surface area (Å²) in [7, 11) is 0. The Morgan fingerprint density at radius 2 is 1.73 bits per heavy atom. The van der Waals surface area contributed by atoms with E-state index >= 15 is 0 Å². The maximum Gasteiger partial charge on any atom is 0.303 e. The van der Waals surface area contributed by atoms with E-state index in [2.05, 4.69) is 11.8 Å². The molecule has 3 aromatic carbocycles. The van der Waals surface area contributed by atoms with Crippen LogP contribution in [0, 0.1) is 22.0 Å². The number of carbonyl (C=O) groups is 2. The molecule has 0 atom stereocenters. The number of hydrogen-bond donors (Lipinski definition) is 1. The predicted octanol–water partition coefficient (Wildman–Crippen LogP) is 4.53. The molecule has 9 heteroatoms. The van der Waals surface area contributed by atoms with Crippen LogP contribution in [0.25, 0.3) is 0 Å². The standard InChI is InChI=1S/C28H22ClN3O5/c29-21-8-5-19(6-9-21)7-10-26(34)31-18-28(24-3-1-2-4-25(24)31)11-13-30(14-12-28)27(35)20-15-22(32(36)37)17-23(33)16-20/h1-6,8-9,15-17,33H,11-14,18H2. The Morgan fingerprint density at radius 1 is 1.03 bits per heavy atom. The van der Waals surface area contributed by atoms with Crippen molar-refractivity contribution < 1.29 is 19.6 Å². The number of halogens is 1. The molecule has 0 aliphatic carbocycles. The van der Waals surface area contributed by atoms with Gasteiger partial charge in [-0.15, -0.1) is 0 Å². The molecule has 8 nitrogen and oxygen atoms in total. The third-order valence-electron chi connectivity index (χ3n) is 7.00. The van der Waals surface area contributed by atoms with Crippen molar-refractivity contribution >= 4 is 34.8 Å². The molecular formula is C28H22ClN3O5. The van der Waals surface area contributed by atoms with Gasteiger partial charge in [0.15, 0.2) is 0 Å². The quantitative estimate of drug-likeness (QED) is 0.307. The van der Waals surface area contributed by atoms with Crippen molar-refractivity contribution in [2.75, 3.05) is 24.5 Å². The van der Waals surface area contributed by atoms with E-state index in [-0.39, 0.29) is 34.2 Å². The Hall–Kier alpha value is -4.35. The summed E-state index contributed by atoms with van der Waals surface area (Å²) in [5.41, 5.74) is 1.98. The third kappa shape index (κ3) is 4.74. The number of aromatic hydroxyl groups is 1. The van der Waals surface area contributed by atoms with Gasteiger partial charge in [0, 0.05) is 53.3 Å². The molecule has 2 heterocycles. The van der Waals surface area contributed by atoms with Gasteiger partial charge >= 0.3 is 5.91 Å². The van der Waals surface area contributed by atoms with Gasteiger partial charge in [-0.3, -0.25) is 19.7 Å². The molecule has 0 radical (unpaired) electrons. The number of likely N-dealkylation sites (tertiary alicyclic amines) is 1. The van der Waals surface area contributed by atoms with Crippen LogP contribution in [0.2, 0.25) is 5.02 Å². The summed E-state index contributed by atoms with van der Waals surface area (Å²) < 4.78 is 0. The van der Waals surface area contributed by atoms with Crippen LogP contribution in [0.4, 0.5) is 11.4 Å². The Bertz CT molecular complexity index is 1470. The van der Waals surface area contributed by atoms with Gasteiger partial charge in [-0.2, -0.15) is 0 Å². The number of rotatable bonds is 2. The van der Waals surface area contributed by atoms with Gasteiger partial charge < -0.3 is 14.9 Å². The number of nitro benzene ring substituents is 1. The first-order valence-corrected chi connectivity index (χ1v) is 12.1. The molecule has 186 valence electrons. The lowest BCUT2D eigenvalue weighted by Crippen LogP contribution is -2.47. The minimum Gasteiger partial charge on any atom is -0.508 e. The van der Waals surface area contributed by atoms with Gasteiger partial charge in [0.1, 0.15) is 5.75 Å². The molecule has 2 amide bonds. The van der Waals surface area contributed by atoms with Crippen LogP contribution >= 0.6 is 11.6 Å². The van der Waals surface area contributed by atoms with Gasteiger partial charge in [-0.05, 0) is 54.8 Å². The van der Waals surface area contributed by atoms with Crippen LogP contribution in [0.5, 0.6) is 5.75 Å². The highest BCUT2D eigenvalue weighted by atomic mass is 35.5. The normalized spacial score (nSPS) is 15.6. The van der Waals surface area contributed by atoms with Crippen molar-refractivity contribution in [3.63, 3.8) is 0 Å². The molecule has 2 aliphatic rings. The Balaban J connectivity index is 1.34. The van der Waals surface area contributed by atoms with Gasteiger partial charge in [0.25, 0.3) is 11.6 Å². The van der Waals surface area contributed by atoms with Crippen molar-refractivity contribution in [1.82, 2.24) is 4.90 Å². The molecule has 3 aromatic rings. The fraction of sp³-hybridized carbons (Fsp3) is 0.214. The monoisotopic (exact) mass is 515 g/mol. The van der Waals surface area contributed by atoms with Crippen molar-refractivity contribution in [2.24, 2.45) is 0 Å². The number of fused-ring (bicyclic) bond motifs is 2. The van der Waals surface area contributed by atoms with E-state index in [4.69, 9.17) is 11.6 Å². The smallest absolute Gasteiger partial charge is 0.303 e. The van der Waals surface area contributed by atoms with Crippen LogP contribution in [0.3, 0.4) is 0 Å².